The summed E-state index contributed by atoms with van der Waals surface area (Å²) in [6.45, 7) is 5.49. The SMILES string of the molecule is CNCCON=C1CC[C@]2(C)[C@H]3CC[C@]4(C)C(=O)CC[C@H]4[C@@H]3C/C(=N\O)[C@@]2(O)C1.Cl. The molecule has 3 N–H and O–H groups in total. The van der Waals surface area contributed by atoms with Crippen molar-refractivity contribution in [1.82, 2.24) is 5.32 Å². The standard InChI is InChI=1S/C22H35N3O4.ClH/c1-20-8-7-17-15(16(20)4-5-19(20)26)12-18(24-28)22(27)13-14(6-9-21(17,22)2)25-29-11-10-23-3;/h15-17,23,27-28H,4-13H2,1-3H3;1H/b24-18+,25-14?;/t15-,16-,17-,20-,21+,22-;/m0./s1. The summed E-state index contributed by atoms with van der Waals surface area (Å²) in [5, 5.41) is 32.6. The van der Waals surface area contributed by atoms with Crippen molar-refractivity contribution in [3.63, 3.8) is 0 Å². The third-order valence-electron chi connectivity index (χ3n) is 8.97. The maximum atomic E-state index is 12.6. The van der Waals surface area contributed by atoms with E-state index in [4.69, 9.17) is 4.84 Å². The van der Waals surface area contributed by atoms with Gasteiger partial charge in [0.05, 0.1) is 11.4 Å². The van der Waals surface area contributed by atoms with Crippen molar-refractivity contribution in [1.29, 1.82) is 0 Å². The minimum Gasteiger partial charge on any atom is -0.411 e. The number of aliphatic hydroxyl groups is 1. The molecule has 0 aromatic heterocycles. The number of carbonyl (C=O) groups excluding carboxylic acids is 1. The van der Waals surface area contributed by atoms with E-state index in [2.05, 4.69) is 29.5 Å². The van der Waals surface area contributed by atoms with Crippen molar-refractivity contribution in [3.8, 4) is 0 Å². The number of hydrogen-bond donors (Lipinski definition) is 3. The lowest BCUT2D eigenvalue weighted by Crippen LogP contribution is -2.66. The summed E-state index contributed by atoms with van der Waals surface area (Å²) in [5.74, 6) is 1.34. The van der Waals surface area contributed by atoms with Crippen LogP contribution in [0.25, 0.3) is 0 Å². The van der Waals surface area contributed by atoms with Gasteiger partial charge in [-0.05, 0) is 63.3 Å². The molecule has 0 radical (unpaired) electrons. The molecule has 4 rings (SSSR count). The third-order valence-corrected chi connectivity index (χ3v) is 8.97. The van der Waals surface area contributed by atoms with Gasteiger partial charge in [0.2, 0.25) is 0 Å². The Labute approximate surface area is 185 Å². The van der Waals surface area contributed by atoms with Crippen LogP contribution in [-0.4, -0.2) is 53.3 Å². The first-order valence-corrected chi connectivity index (χ1v) is 11.1. The zero-order valence-corrected chi connectivity index (χ0v) is 19.1. The number of nitrogens with zero attached hydrogens (tertiary/aromatic N) is 2. The second-order valence-electron chi connectivity index (χ2n) is 10.1. The predicted octanol–water partition coefficient (Wildman–Crippen LogP) is 3.17. The van der Waals surface area contributed by atoms with E-state index < -0.39 is 5.60 Å². The molecule has 0 heterocycles. The largest absolute Gasteiger partial charge is 0.411 e. The van der Waals surface area contributed by atoms with Gasteiger partial charge >= 0.3 is 0 Å². The van der Waals surface area contributed by atoms with Gasteiger partial charge in [0, 0.05) is 30.2 Å². The average Bonchev–Trinajstić information content (AvgIpc) is 3.00. The molecule has 4 aliphatic carbocycles. The summed E-state index contributed by atoms with van der Waals surface area (Å²) in [6, 6.07) is 0. The molecular weight excluding hydrogens is 406 g/mol. The Hall–Kier alpha value is -1.18. The lowest BCUT2D eigenvalue weighted by Gasteiger charge is -2.62. The Morgan fingerprint density at radius 2 is 1.97 bits per heavy atom. The highest BCUT2D eigenvalue weighted by atomic mass is 35.5. The van der Waals surface area contributed by atoms with Gasteiger partial charge in [-0.3, -0.25) is 4.79 Å². The van der Waals surface area contributed by atoms with Crippen LogP contribution >= 0.6 is 12.4 Å². The van der Waals surface area contributed by atoms with E-state index in [1.165, 1.54) is 0 Å². The zero-order valence-electron chi connectivity index (χ0n) is 18.3. The van der Waals surface area contributed by atoms with Crippen LogP contribution in [0.5, 0.6) is 0 Å². The van der Waals surface area contributed by atoms with E-state index in [1.54, 1.807) is 0 Å². The van der Waals surface area contributed by atoms with Gasteiger partial charge in [0.1, 0.15) is 18.0 Å². The third kappa shape index (κ3) is 3.28. The molecule has 0 bridgehead atoms. The lowest BCUT2D eigenvalue weighted by atomic mass is 9.43. The number of carbonyl (C=O) groups is 1. The molecule has 4 fully saturated rings. The smallest absolute Gasteiger partial charge is 0.139 e. The fraction of sp³-hybridized carbons (Fsp3) is 0.864. The Morgan fingerprint density at radius 3 is 2.67 bits per heavy atom. The first-order valence-electron chi connectivity index (χ1n) is 11.1. The van der Waals surface area contributed by atoms with Gasteiger partial charge in [-0.15, -0.1) is 12.4 Å². The van der Waals surface area contributed by atoms with Gasteiger partial charge in [-0.1, -0.05) is 24.2 Å². The number of ketones is 1. The number of likely N-dealkylation sites (N-methyl/N-ethyl adjacent to an activating group) is 1. The molecule has 4 saturated carbocycles. The van der Waals surface area contributed by atoms with Crippen molar-refractivity contribution in [2.24, 2.45) is 38.9 Å². The molecule has 0 spiro atoms. The Kier molecular flexibility index (Phi) is 6.57. The van der Waals surface area contributed by atoms with Crippen LogP contribution in [0.2, 0.25) is 0 Å². The second-order valence-corrected chi connectivity index (χ2v) is 10.1. The van der Waals surface area contributed by atoms with Crippen molar-refractivity contribution in [2.45, 2.75) is 70.8 Å². The quantitative estimate of drug-likeness (QED) is 0.353. The normalized spacial score (nSPS) is 45.5. The first-order chi connectivity index (χ1) is 13.8. The molecule has 6 atom stereocenters. The highest BCUT2D eigenvalue weighted by molar-refractivity contribution is 6.00. The Balaban J connectivity index is 0.00000256. The maximum Gasteiger partial charge on any atom is 0.139 e. The van der Waals surface area contributed by atoms with Crippen LogP contribution in [0.15, 0.2) is 10.3 Å². The fourth-order valence-corrected chi connectivity index (χ4v) is 7.13. The molecular formula is C22H36ClN3O4. The molecule has 0 saturated heterocycles. The highest BCUT2D eigenvalue weighted by Crippen LogP contribution is 2.65. The van der Waals surface area contributed by atoms with Crippen molar-refractivity contribution in [2.75, 3.05) is 20.2 Å². The summed E-state index contributed by atoms with van der Waals surface area (Å²) >= 11 is 0. The van der Waals surface area contributed by atoms with Gasteiger partial charge in [-0.2, -0.15) is 0 Å². The van der Waals surface area contributed by atoms with Crippen LogP contribution in [0, 0.1) is 28.6 Å². The zero-order chi connectivity index (χ0) is 20.9. The van der Waals surface area contributed by atoms with Gasteiger partial charge in [0.25, 0.3) is 0 Å². The highest BCUT2D eigenvalue weighted by Gasteiger charge is 2.66. The molecule has 170 valence electrons. The number of nitrogens with one attached hydrogen (secondary N) is 1. The second kappa shape index (κ2) is 8.40. The summed E-state index contributed by atoms with van der Waals surface area (Å²) in [6.07, 6.45) is 5.93. The van der Waals surface area contributed by atoms with Crippen LogP contribution in [-0.2, 0) is 9.63 Å². The van der Waals surface area contributed by atoms with E-state index in [9.17, 15) is 15.1 Å². The van der Waals surface area contributed by atoms with Crippen LogP contribution in [0.3, 0.4) is 0 Å². The summed E-state index contributed by atoms with van der Waals surface area (Å²) in [5.41, 5.74) is -0.530. The summed E-state index contributed by atoms with van der Waals surface area (Å²) in [7, 11) is 1.86. The van der Waals surface area contributed by atoms with Gasteiger partial charge in [-0.25, -0.2) is 0 Å². The fourth-order valence-electron chi connectivity index (χ4n) is 7.13. The Bertz CT molecular complexity index is 744. The number of halogens is 1. The van der Waals surface area contributed by atoms with E-state index in [-0.39, 0.29) is 23.2 Å². The van der Waals surface area contributed by atoms with E-state index in [1.807, 2.05) is 7.05 Å². The minimum atomic E-state index is -1.21. The van der Waals surface area contributed by atoms with Crippen molar-refractivity contribution >= 4 is 29.6 Å². The summed E-state index contributed by atoms with van der Waals surface area (Å²) in [4.78, 5) is 18.0. The summed E-state index contributed by atoms with van der Waals surface area (Å²) < 4.78 is 0. The molecule has 8 heteroatoms. The van der Waals surface area contributed by atoms with Crippen LogP contribution < -0.4 is 5.32 Å². The first kappa shape index (κ1) is 23.5. The minimum absolute atomic E-state index is 0. The number of oxime groups is 2. The van der Waals surface area contributed by atoms with Crippen molar-refractivity contribution in [3.05, 3.63) is 0 Å². The number of fused-ring (bicyclic) bond motifs is 5. The lowest BCUT2D eigenvalue weighted by molar-refractivity contribution is -0.146. The molecule has 0 aliphatic heterocycles. The number of hydrogen-bond acceptors (Lipinski definition) is 7. The van der Waals surface area contributed by atoms with E-state index >= 15 is 0 Å². The molecule has 0 aromatic carbocycles. The average molecular weight is 442 g/mol. The molecule has 30 heavy (non-hydrogen) atoms. The molecule has 7 nitrogen and oxygen atoms in total. The van der Waals surface area contributed by atoms with Gasteiger partial charge < -0.3 is 20.5 Å². The predicted molar refractivity (Wildman–Crippen MR) is 117 cm³/mol. The topological polar surface area (TPSA) is 104 Å². The maximum absolute atomic E-state index is 12.6. The molecule has 4 aliphatic rings. The Morgan fingerprint density at radius 1 is 1.20 bits per heavy atom. The van der Waals surface area contributed by atoms with Crippen molar-refractivity contribution < 1.29 is 19.9 Å². The van der Waals surface area contributed by atoms with E-state index in [0.717, 1.165) is 37.8 Å². The van der Waals surface area contributed by atoms with E-state index in [0.29, 0.717) is 61.7 Å². The number of Topliss-reactive ketones (excluding diaryl/α,β-unsaturated/α-hetero) is 1. The molecule has 0 amide bonds. The van der Waals surface area contributed by atoms with Crippen LogP contribution in [0.1, 0.15) is 65.2 Å². The monoisotopic (exact) mass is 441 g/mol. The molecule has 0 unspecified atom stereocenters. The molecule has 0 aromatic rings. The van der Waals surface area contributed by atoms with Gasteiger partial charge in [0.15, 0.2) is 0 Å². The number of rotatable bonds is 4. The van der Waals surface area contributed by atoms with Crippen LogP contribution in [0.4, 0.5) is 0 Å².